The van der Waals surface area contributed by atoms with Gasteiger partial charge in [-0.1, -0.05) is 13.3 Å². The first-order valence-corrected chi connectivity index (χ1v) is 9.32. The Balaban J connectivity index is 0.000000633. The highest BCUT2D eigenvalue weighted by molar-refractivity contribution is 6.05. The number of carboxylic acid groups (broad SMARTS) is 2. The molecule has 7 nitrogen and oxygen atoms in total. The van der Waals surface area contributed by atoms with E-state index in [1.807, 2.05) is 11.9 Å². The maximum Gasteiger partial charge on any atom is 0.490 e. The number of nitrogens with one attached hydrogen (secondary N) is 1. The van der Waals surface area contributed by atoms with Gasteiger partial charge in [0, 0.05) is 24.8 Å². The van der Waals surface area contributed by atoms with Gasteiger partial charge in [-0.25, -0.2) is 14.0 Å². The van der Waals surface area contributed by atoms with Gasteiger partial charge in [-0.05, 0) is 48.9 Å². The van der Waals surface area contributed by atoms with Crippen molar-refractivity contribution in [3.05, 3.63) is 59.4 Å². The normalized spacial score (nSPS) is 10.6. The third-order valence-corrected chi connectivity index (χ3v) is 4.09. The third-order valence-electron chi connectivity index (χ3n) is 4.09. The number of carbonyl (C=O) groups excluding carboxylic acids is 1. The highest BCUT2D eigenvalue weighted by Crippen LogP contribution is 2.24. The van der Waals surface area contributed by atoms with Gasteiger partial charge in [0.15, 0.2) is 0 Å². The van der Waals surface area contributed by atoms with Crippen molar-refractivity contribution < 1.29 is 42.2 Å². The number of aliphatic carboxylic acids is 1. The molecule has 1 amide bonds. The molecule has 2 aromatic rings. The molecule has 0 aliphatic rings. The summed E-state index contributed by atoms with van der Waals surface area (Å²) in [4.78, 5) is 34.5. The monoisotopic (exact) mass is 458 g/mol. The van der Waals surface area contributed by atoms with Crippen LogP contribution in [0.25, 0.3) is 0 Å². The summed E-state index contributed by atoms with van der Waals surface area (Å²) in [7, 11) is 1.84. The summed E-state index contributed by atoms with van der Waals surface area (Å²) in [5.41, 5.74) is 1.39. The summed E-state index contributed by atoms with van der Waals surface area (Å²) in [5.74, 6) is -4.67. The first-order chi connectivity index (χ1) is 14.9. The van der Waals surface area contributed by atoms with Crippen LogP contribution in [0.5, 0.6) is 0 Å². The lowest BCUT2D eigenvalue weighted by Gasteiger charge is -2.21. The number of alkyl halides is 3. The number of hydrogen-bond donors (Lipinski definition) is 3. The van der Waals surface area contributed by atoms with Crippen molar-refractivity contribution in [2.45, 2.75) is 25.9 Å². The number of unbranched alkanes of at least 4 members (excludes halogenated alkanes) is 1. The van der Waals surface area contributed by atoms with E-state index in [-0.39, 0.29) is 5.56 Å². The molecule has 11 heteroatoms. The van der Waals surface area contributed by atoms with Gasteiger partial charge in [0.2, 0.25) is 0 Å². The molecular weight excluding hydrogens is 436 g/mol. The van der Waals surface area contributed by atoms with E-state index in [0.29, 0.717) is 16.9 Å². The van der Waals surface area contributed by atoms with E-state index in [1.54, 1.807) is 12.1 Å². The molecule has 2 rings (SSSR count). The molecule has 0 atom stereocenters. The fourth-order valence-electron chi connectivity index (χ4n) is 2.44. The largest absolute Gasteiger partial charge is 0.490 e. The van der Waals surface area contributed by atoms with Crippen molar-refractivity contribution in [1.29, 1.82) is 0 Å². The summed E-state index contributed by atoms with van der Waals surface area (Å²) in [6.07, 6.45) is -3.11. The minimum absolute atomic E-state index is 0.121. The summed E-state index contributed by atoms with van der Waals surface area (Å²) in [5, 5.41) is 19.2. The highest BCUT2D eigenvalue weighted by atomic mass is 19.4. The predicted octanol–water partition coefficient (Wildman–Crippen LogP) is 4.65. The molecule has 0 heterocycles. The number of carbonyl (C=O) groups is 3. The summed E-state index contributed by atoms with van der Waals surface area (Å²) < 4.78 is 44.7. The van der Waals surface area contributed by atoms with E-state index >= 15 is 0 Å². The lowest BCUT2D eigenvalue weighted by atomic mass is 10.1. The van der Waals surface area contributed by atoms with Crippen molar-refractivity contribution in [3.63, 3.8) is 0 Å². The van der Waals surface area contributed by atoms with E-state index in [1.165, 1.54) is 30.3 Å². The van der Waals surface area contributed by atoms with Crippen LogP contribution < -0.4 is 10.2 Å². The number of anilines is 2. The number of hydrogen-bond acceptors (Lipinski definition) is 4. The number of amides is 1. The van der Waals surface area contributed by atoms with Gasteiger partial charge in [-0.2, -0.15) is 13.2 Å². The Labute approximate surface area is 181 Å². The van der Waals surface area contributed by atoms with Crippen LogP contribution in [0.4, 0.5) is 28.9 Å². The maximum absolute atomic E-state index is 12.9. The number of benzene rings is 2. The first-order valence-electron chi connectivity index (χ1n) is 9.32. The molecule has 3 N–H and O–H groups in total. The number of aromatic carboxylic acids is 1. The fourth-order valence-corrected chi connectivity index (χ4v) is 2.44. The second-order valence-electron chi connectivity index (χ2n) is 6.58. The van der Waals surface area contributed by atoms with Crippen LogP contribution in [-0.2, 0) is 4.79 Å². The first kappa shape index (κ1) is 26.4. The predicted molar refractivity (Wildman–Crippen MR) is 110 cm³/mol. The van der Waals surface area contributed by atoms with Crippen molar-refractivity contribution in [2.75, 3.05) is 23.8 Å². The zero-order valence-corrected chi connectivity index (χ0v) is 17.2. The van der Waals surface area contributed by atoms with Gasteiger partial charge in [0.1, 0.15) is 5.82 Å². The van der Waals surface area contributed by atoms with Gasteiger partial charge in [0.25, 0.3) is 5.91 Å². The Morgan fingerprint density at radius 3 is 2.06 bits per heavy atom. The second kappa shape index (κ2) is 11.7. The average molecular weight is 458 g/mol. The standard InChI is InChI=1S/C19H21FN2O3.C2HF3O2/c1-3-4-11-22(2)17-10-9-15(12-16(17)19(24)25)21-18(23)13-5-7-14(20)8-6-13;3-2(4,5)1(6)7/h5-10,12H,3-4,11H2,1-2H3,(H,21,23)(H,24,25);(H,6,7). The number of halogens is 4. The molecule has 0 spiro atoms. The van der Waals surface area contributed by atoms with Crippen molar-refractivity contribution in [2.24, 2.45) is 0 Å². The maximum atomic E-state index is 12.9. The van der Waals surface area contributed by atoms with Crippen molar-refractivity contribution in [1.82, 2.24) is 0 Å². The van der Waals surface area contributed by atoms with Crippen LogP contribution in [-0.4, -0.2) is 47.8 Å². The Morgan fingerprint density at radius 2 is 1.59 bits per heavy atom. The van der Waals surface area contributed by atoms with E-state index in [9.17, 15) is 32.3 Å². The number of rotatable bonds is 7. The third kappa shape index (κ3) is 8.25. The van der Waals surface area contributed by atoms with Crippen LogP contribution in [0, 0.1) is 5.82 Å². The van der Waals surface area contributed by atoms with Gasteiger partial charge in [0.05, 0.1) is 11.3 Å². The topological polar surface area (TPSA) is 107 Å². The Kier molecular flexibility index (Phi) is 9.64. The SMILES string of the molecule is CCCCN(C)c1ccc(NC(=O)c2ccc(F)cc2)cc1C(=O)O.O=C(O)C(F)(F)F. The molecule has 0 saturated carbocycles. The lowest BCUT2D eigenvalue weighted by molar-refractivity contribution is -0.192. The molecule has 0 fully saturated rings. The van der Waals surface area contributed by atoms with Crippen LogP contribution in [0.2, 0.25) is 0 Å². The van der Waals surface area contributed by atoms with Gasteiger partial charge in [-0.3, -0.25) is 4.79 Å². The molecule has 32 heavy (non-hydrogen) atoms. The number of carboxylic acids is 2. The highest BCUT2D eigenvalue weighted by Gasteiger charge is 2.38. The molecule has 174 valence electrons. The van der Waals surface area contributed by atoms with E-state index in [2.05, 4.69) is 12.2 Å². The van der Waals surface area contributed by atoms with E-state index in [4.69, 9.17) is 9.90 Å². The second-order valence-corrected chi connectivity index (χ2v) is 6.58. The molecule has 0 aromatic heterocycles. The van der Waals surface area contributed by atoms with Crippen molar-refractivity contribution >= 4 is 29.2 Å². The van der Waals surface area contributed by atoms with E-state index in [0.717, 1.165) is 19.4 Å². The number of nitrogens with zero attached hydrogens (tertiary/aromatic N) is 1. The van der Waals surface area contributed by atoms with Crippen LogP contribution in [0.3, 0.4) is 0 Å². The molecule has 0 aliphatic carbocycles. The van der Waals surface area contributed by atoms with Crippen LogP contribution in [0.15, 0.2) is 42.5 Å². The fraction of sp³-hybridized carbons (Fsp3) is 0.286. The molecule has 0 radical (unpaired) electrons. The van der Waals surface area contributed by atoms with Crippen LogP contribution in [0.1, 0.15) is 40.5 Å². The van der Waals surface area contributed by atoms with Gasteiger partial charge >= 0.3 is 18.1 Å². The minimum Gasteiger partial charge on any atom is -0.478 e. The minimum atomic E-state index is -5.08. The van der Waals surface area contributed by atoms with Gasteiger partial charge in [-0.15, -0.1) is 0 Å². The van der Waals surface area contributed by atoms with Crippen molar-refractivity contribution in [3.8, 4) is 0 Å². The molecular formula is C21H22F4N2O5. The molecule has 2 aromatic carbocycles. The van der Waals surface area contributed by atoms with Crippen LogP contribution >= 0.6 is 0 Å². The Hall–Kier alpha value is -3.63. The zero-order chi connectivity index (χ0) is 24.5. The quantitative estimate of drug-likeness (QED) is 0.522. The molecule has 0 bridgehead atoms. The summed E-state index contributed by atoms with van der Waals surface area (Å²) in [6.45, 7) is 2.82. The smallest absolute Gasteiger partial charge is 0.478 e. The zero-order valence-electron chi connectivity index (χ0n) is 17.2. The summed E-state index contributed by atoms with van der Waals surface area (Å²) >= 11 is 0. The Morgan fingerprint density at radius 1 is 1.03 bits per heavy atom. The lowest BCUT2D eigenvalue weighted by Crippen LogP contribution is -2.21. The average Bonchev–Trinajstić information content (AvgIpc) is 2.72. The van der Waals surface area contributed by atoms with Gasteiger partial charge < -0.3 is 20.4 Å². The summed E-state index contributed by atoms with van der Waals surface area (Å²) in [6, 6.07) is 9.91. The molecule has 0 unspecified atom stereocenters. The molecule has 0 aliphatic heterocycles. The van der Waals surface area contributed by atoms with E-state index < -0.39 is 29.8 Å². The molecule has 0 saturated heterocycles. The Bertz CT molecular complexity index is 946.